The average Bonchev–Trinajstić information content (AvgIpc) is 2.41. The van der Waals surface area contributed by atoms with E-state index in [2.05, 4.69) is 43.3 Å². The molecule has 0 aromatic heterocycles. The van der Waals surface area contributed by atoms with Gasteiger partial charge >= 0.3 is 5.97 Å². The van der Waals surface area contributed by atoms with E-state index in [1.165, 1.54) is 7.11 Å². The molecular formula is C15H31BrNO2+. The number of nitrogens with zero attached hydrogens (tertiary/aromatic N) is 1. The second kappa shape index (κ2) is 12.7. The number of ether oxygens (including phenoxy) is 1. The molecule has 0 aliphatic heterocycles. The molecule has 0 atom stereocenters. The third-order valence-electron chi connectivity index (χ3n) is 3.09. The minimum absolute atomic E-state index is 0.268. The molecule has 0 aromatic carbocycles. The number of hydrogen-bond donors (Lipinski definition) is 0. The Kier molecular flexibility index (Phi) is 14.0. The Hall–Kier alpha value is -0.350. The second-order valence-electron chi connectivity index (χ2n) is 4.77. The number of esters is 1. The first-order valence-electron chi connectivity index (χ1n) is 7.04. The smallest absolute Gasteiger partial charge is 0.338 e. The summed E-state index contributed by atoms with van der Waals surface area (Å²) in [5.74, 6) is 1.54. The fourth-order valence-electron chi connectivity index (χ4n) is 2.61. The Balaban J connectivity index is 0. The first-order valence-corrected chi connectivity index (χ1v) is 8.62. The van der Waals surface area contributed by atoms with Gasteiger partial charge in [0.2, 0.25) is 0 Å². The van der Waals surface area contributed by atoms with Crippen molar-refractivity contribution in [1.29, 1.82) is 0 Å². The quantitative estimate of drug-likeness (QED) is 0.277. The highest BCUT2D eigenvalue weighted by Gasteiger charge is 2.27. The Morgan fingerprint density at radius 3 is 1.68 bits per heavy atom. The van der Waals surface area contributed by atoms with Gasteiger partial charge in [0.1, 0.15) is 6.54 Å². The first-order chi connectivity index (χ1) is 9.05. The maximum Gasteiger partial charge on any atom is 0.338 e. The maximum absolute atomic E-state index is 11.5. The van der Waals surface area contributed by atoms with Crippen molar-refractivity contribution >= 4 is 21.9 Å². The zero-order valence-electron chi connectivity index (χ0n) is 13.3. The van der Waals surface area contributed by atoms with Crippen molar-refractivity contribution in [2.24, 2.45) is 0 Å². The predicted octanol–water partition coefficient (Wildman–Crippen LogP) is 3.77. The van der Waals surface area contributed by atoms with E-state index in [9.17, 15) is 4.79 Å². The van der Waals surface area contributed by atoms with Gasteiger partial charge in [0, 0.05) is 0 Å². The number of halogens is 1. The number of carbonyl (C=O) groups excluding carboxylic acids is 1. The van der Waals surface area contributed by atoms with Gasteiger partial charge in [-0.15, -0.1) is 0 Å². The molecular weight excluding hydrogens is 306 g/mol. The summed E-state index contributed by atoms with van der Waals surface area (Å²) < 4.78 is 5.71. The van der Waals surface area contributed by atoms with Crippen LogP contribution in [0.2, 0.25) is 0 Å². The van der Waals surface area contributed by atoms with Gasteiger partial charge in [-0.25, -0.2) is 4.79 Å². The Morgan fingerprint density at radius 1 is 1.05 bits per heavy atom. The van der Waals surface area contributed by atoms with Crippen molar-refractivity contribution in [2.45, 2.75) is 40.0 Å². The van der Waals surface area contributed by atoms with Crippen molar-refractivity contribution in [1.82, 2.24) is 0 Å². The van der Waals surface area contributed by atoms with Crippen molar-refractivity contribution < 1.29 is 14.0 Å². The minimum atomic E-state index is -0.268. The summed E-state index contributed by atoms with van der Waals surface area (Å²) in [5.41, 5.74) is 0.600. The number of rotatable bonds is 9. The molecule has 0 saturated heterocycles. The largest absolute Gasteiger partial charge is 0.466 e. The third kappa shape index (κ3) is 8.43. The van der Waals surface area contributed by atoms with Crippen LogP contribution >= 0.6 is 15.9 Å². The molecule has 0 radical (unpaired) electrons. The Bertz CT molecular complexity index is 238. The molecule has 0 unspecified atom stereocenters. The van der Waals surface area contributed by atoms with Gasteiger partial charge < -0.3 is 9.22 Å². The van der Waals surface area contributed by atoms with Crippen LogP contribution in [-0.4, -0.2) is 49.6 Å². The van der Waals surface area contributed by atoms with Crippen LogP contribution in [0.4, 0.5) is 0 Å². The van der Waals surface area contributed by atoms with Crippen LogP contribution in [0.5, 0.6) is 0 Å². The molecule has 0 heterocycles. The van der Waals surface area contributed by atoms with Gasteiger partial charge in [-0.2, -0.15) is 0 Å². The molecule has 0 aliphatic carbocycles. The van der Waals surface area contributed by atoms with Gasteiger partial charge in [0.25, 0.3) is 0 Å². The Morgan fingerprint density at radius 2 is 1.42 bits per heavy atom. The summed E-state index contributed by atoms with van der Waals surface area (Å²) >= 11 is 2.94. The lowest BCUT2D eigenvalue weighted by Crippen LogP contribution is -2.51. The lowest BCUT2D eigenvalue weighted by Gasteiger charge is -2.38. The zero-order valence-corrected chi connectivity index (χ0v) is 14.9. The number of hydrogen-bond acceptors (Lipinski definition) is 2. The number of quaternary nitrogens is 1. The van der Waals surface area contributed by atoms with E-state index in [4.69, 9.17) is 4.74 Å². The maximum atomic E-state index is 11.5. The van der Waals surface area contributed by atoms with Gasteiger partial charge in [0.05, 0.1) is 32.3 Å². The number of methoxy groups -OCH3 is 1. The third-order valence-corrected chi connectivity index (χ3v) is 3.09. The van der Waals surface area contributed by atoms with Crippen LogP contribution in [0.15, 0.2) is 12.2 Å². The molecule has 4 heteroatoms. The molecule has 0 aromatic rings. The van der Waals surface area contributed by atoms with Crippen LogP contribution < -0.4 is 0 Å². The van der Waals surface area contributed by atoms with Crippen LogP contribution in [0, 0.1) is 0 Å². The molecule has 114 valence electrons. The molecule has 0 saturated carbocycles. The van der Waals surface area contributed by atoms with E-state index in [1.54, 1.807) is 0 Å². The molecule has 0 rings (SSSR count). The summed E-state index contributed by atoms with van der Waals surface area (Å²) in [7, 11) is 1.42. The summed E-state index contributed by atoms with van der Waals surface area (Å²) in [6.45, 7) is 14.5. The fraction of sp³-hybridized carbons (Fsp3) is 0.800. The van der Waals surface area contributed by atoms with Gasteiger partial charge in [-0.1, -0.05) is 43.3 Å². The molecule has 3 nitrogen and oxygen atoms in total. The molecule has 0 fully saturated rings. The van der Waals surface area contributed by atoms with Gasteiger partial charge in [-0.3, -0.25) is 0 Å². The number of alkyl halides is 1. The lowest BCUT2D eigenvalue weighted by molar-refractivity contribution is -0.923. The minimum Gasteiger partial charge on any atom is -0.466 e. The van der Waals surface area contributed by atoms with Crippen LogP contribution in [-0.2, 0) is 9.53 Å². The average molecular weight is 337 g/mol. The van der Waals surface area contributed by atoms with Crippen LogP contribution in [0.3, 0.4) is 0 Å². The van der Waals surface area contributed by atoms with Gasteiger partial charge in [-0.05, 0) is 25.1 Å². The van der Waals surface area contributed by atoms with E-state index in [1.807, 2.05) is 5.83 Å². The summed E-state index contributed by atoms with van der Waals surface area (Å²) in [6.07, 6.45) is 3.40. The summed E-state index contributed by atoms with van der Waals surface area (Å²) in [4.78, 5) is 11.5. The number of carbonyl (C=O) groups is 1. The van der Waals surface area contributed by atoms with Crippen molar-refractivity contribution in [2.75, 3.05) is 39.1 Å². The van der Waals surface area contributed by atoms with Crippen molar-refractivity contribution in [3.8, 4) is 0 Å². The Labute approximate surface area is 127 Å². The molecule has 0 bridgehead atoms. The van der Waals surface area contributed by atoms with Crippen LogP contribution in [0.25, 0.3) is 0 Å². The molecule has 0 aliphatic rings. The normalized spacial score (nSPS) is 10.4. The standard InChI is InChI=1S/C14H28NO2.CH3Br/c1-6-9-15(10-7-2,11-8-3)12-13(4)14(16)17-5;1-2/h4,6-12H2,1-3,5H3;1H3/q+1;. The monoisotopic (exact) mass is 336 g/mol. The molecule has 0 spiro atoms. The SMILES string of the molecule is C=C(C[N+](CCC)(CCC)CCC)C(=O)OC.CBr. The van der Waals surface area contributed by atoms with E-state index < -0.39 is 0 Å². The highest BCUT2D eigenvalue weighted by molar-refractivity contribution is 9.08. The van der Waals surface area contributed by atoms with Gasteiger partial charge in [0.15, 0.2) is 0 Å². The van der Waals surface area contributed by atoms with E-state index in [0.29, 0.717) is 5.57 Å². The fourth-order valence-corrected chi connectivity index (χ4v) is 2.61. The van der Waals surface area contributed by atoms with Crippen molar-refractivity contribution in [3.05, 3.63) is 12.2 Å². The lowest BCUT2D eigenvalue weighted by atomic mass is 10.1. The van der Waals surface area contributed by atoms with E-state index in [0.717, 1.165) is 49.9 Å². The van der Waals surface area contributed by atoms with E-state index >= 15 is 0 Å². The summed E-state index contributed by atoms with van der Waals surface area (Å²) in [5, 5.41) is 0. The summed E-state index contributed by atoms with van der Waals surface area (Å²) in [6, 6.07) is 0. The molecule has 19 heavy (non-hydrogen) atoms. The molecule has 0 N–H and O–H groups in total. The molecule has 0 amide bonds. The second-order valence-corrected chi connectivity index (χ2v) is 4.77. The highest BCUT2D eigenvalue weighted by atomic mass is 79.9. The van der Waals surface area contributed by atoms with Crippen LogP contribution in [0.1, 0.15) is 40.0 Å². The van der Waals surface area contributed by atoms with E-state index in [-0.39, 0.29) is 5.97 Å². The first kappa shape index (κ1) is 21.0. The van der Waals surface area contributed by atoms with Crippen molar-refractivity contribution in [3.63, 3.8) is 0 Å². The zero-order chi connectivity index (χ0) is 15.3. The predicted molar refractivity (Wildman–Crippen MR) is 86.6 cm³/mol. The topological polar surface area (TPSA) is 26.3 Å². The highest BCUT2D eigenvalue weighted by Crippen LogP contribution is 2.15.